The SMILES string of the molecule is C=N/C=N\N(N)C(c1ccc(N)cc1)c1ccc(C#N)cc1. The molecule has 0 amide bonds. The van der Waals surface area contributed by atoms with Gasteiger partial charge in [-0.05, 0) is 42.1 Å². The van der Waals surface area contributed by atoms with E-state index in [9.17, 15) is 0 Å². The Hall–Kier alpha value is -3.17. The molecule has 0 saturated carbocycles. The molecule has 0 bridgehead atoms. The molecule has 4 N–H and O–H groups in total. The number of anilines is 1. The Kier molecular flexibility index (Phi) is 4.85. The molecule has 0 aliphatic carbocycles. The van der Waals surface area contributed by atoms with Crippen LogP contribution < -0.4 is 11.6 Å². The van der Waals surface area contributed by atoms with Crippen LogP contribution in [0.4, 0.5) is 5.69 Å². The van der Waals surface area contributed by atoms with Crippen molar-refractivity contribution >= 4 is 18.7 Å². The number of nitrogens with two attached hydrogens (primary N) is 2. The third-order valence-electron chi connectivity index (χ3n) is 3.14. The molecular formula is C16H16N6. The number of hydrazine groups is 1. The summed E-state index contributed by atoms with van der Waals surface area (Å²) in [6.07, 6.45) is 1.27. The first kappa shape index (κ1) is 15.2. The van der Waals surface area contributed by atoms with E-state index in [1.807, 2.05) is 24.3 Å². The normalized spacial score (nSPS) is 11.8. The summed E-state index contributed by atoms with van der Waals surface area (Å²) in [6.45, 7) is 3.34. The van der Waals surface area contributed by atoms with Crippen molar-refractivity contribution < 1.29 is 0 Å². The Morgan fingerprint density at radius 1 is 1.09 bits per heavy atom. The van der Waals surface area contributed by atoms with E-state index in [-0.39, 0.29) is 6.04 Å². The van der Waals surface area contributed by atoms with Crippen molar-refractivity contribution in [2.24, 2.45) is 15.9 Å². The molecule has 0 aliphatic heterocycles. The van der Waals surface area contributed by atoms with Gasteiger partial charge in [0.2, 0.25) is 0 Å². The average molecular weight is 292 g/mol. The fraction of sp³-hybridized carbons (Fsp3) is 0.0625. The first-order valence-electron chi connectivity index (χ1n) is 6.53. The zero-order valence-corrected chi connectivity index (χ0v) is 11.9. The van der Waals surface area contributed by atoms with E-state index in [1.165, 1.54) is 11.5 Å². The Bertz CT molecular complexity index is 697. The number of benzene rings is 2. The van der Waals surface area contributed by atoms with Crippen molar-refractivity contribution in [2.45, 2.75) is 6.04 Å². The number of hydrogen-bond donors (Lipinski definition) is 2. The number of hydrazone groups is 1. The maximum Gasteiger partial charge on any atom is 0.136 e. The van der Waals surface area contributed by atoms with E-state index in [2.05, 4.69) is 22.9 Å². The summed E-state index contributed by atoms with van der Waals surface area (Å²) in [4.78, 5) is 3.56. The van der Waals surface area contributed by atoms with Gasteiger partial charge in [0.25, 0.3) is 0 Å². The first-order chi connectivity index (χ1) is 10.7. The van der Waals surface area contributed by atoms with Gasteiger partial charge in [0, 0.05) is 5.69 Å². The molecule has 6 heteroatoms. The molecule has 0 aromatic heterocycles. The summed E-state index contributed by atoms with van der Waals surface area (Å²) in [6, 6.07) is 16.3. The van der Waals surface area contributed by atoms with E-state index in [0.717, 1.165) is 11.1 Å². The Morgan fingerprint density at radius 3 is 2.14 bits per heavy atom. The zero-order valence-electron chi connectivity index (χ0n) is 11.9. The summed E-state index contributed by atoms with van der Waals surface area (Å²) < 4.78 is 0. The van der Waals surface area contributed by atoms with Gasteiger partial charge >= 0.3 is 0 Å². The minimum Gasteiger partial charge on any atom is -0.399 e. The van der Waals surface area contributed by atoms with Crippen LogP contribution in [0.2, 0.25) is 0 Å². The number of hydrogen-bond acceptors (Lipinski definition) is 5. The van der Waals surface area contributed by atoms with Crippen LogP contribution in [0, 0.1) is 11.3 Å². The van der Waals surface area contributed by atoms with Crippen LogP contribution in [0.1, 0.15) is 22.7 Å². The van der Waals surface area contributed by atoms with Crippen molar-refractivity contribution in [1.82, 2.24) is 5.12 Å². The quantitative estimate of drug-likeness (QED) is 0.289. The van der Waals surface area contributed by atoms with Gasteiger partial charge in [0.1, 0.15) is 12.4 Å². The lowest BCUT2D eigenvalue weighted by molar-refractivity contribution is 0.245. The molecule has 6 nitrogen and oxygen atoms in total. The summed E-state index contributed by atoms with van der Waals surface area (Å²) >= 11 is 0. The van der Waals surface area contributed by atoms with Gasteiger partial charge < -0.3 is 5.73 Å². The summed E-state index contributed by atoms with van der Waals surface area (Å²) in [5.41, 5.74) is 8.79. The van der Waals surface area contributed by atoms with E-state index in [1.54, 1.807) is 24.3 Å². The minimum atomic E-state index is -0.327. The second kappa shape index (κ2) is 7.02. The molecule has 0 radical (unpaired) electrons. The molecule has 2 aromatic rings. The molecule has 0 spiro atoms. The van der Waals surface area contributed by atoms with Gasteiger partial charge in [0.05, 0.1) is 11.6 Å². The van der Waals surface area contributed by atoms with E-state index >= 15 is 0 Å². The Morgan fingerprint density at radius 2 is 1.64 bits per heavy atom. The van der Waals surface area contributed by atoms with E-state index in [4.69, 9.17) is 16.8 Å². The second-order valence-corrected chi connectivity index (χ2v) is 4.60. The Labute approximate surface area is 129 Å². The fourth-order valence-electron chi connectivity index (χ4n) is 2.08. The maximum atomic E-state index is 8.90. The predicted octanol–water partition coefficient (Wildman–Crippen LogP) is 2.05. The van der Waals surface area contributed by atoms with Crippen molar-refractivity contribution in [3.8, 4) is 6.07 Å². The van der Waals surface area contributed by atoms with Crippen molar-refractivity contribution in [1.29, 1.82) is 5.26 Å². The molecule has 0 aliphatic rings. The molecule has 2 aromatic carbocycles. The monoisotopic (exact) mass is 292 g/mol. The van der Waals surface area contributed by atoms with Gasteiger partial charge in [-0.1, -0.05) is 24.3 Å². The lowest BCUT2D eigenvalue weighted by Crippen LogP contribution is -2.31. The average Bonchev–Trinajstić information content (AvgIpc) is 2.55. The third kappa shape index (κ3) is 3.48. The molecule has 1 atom stereocenters. The van der Waals surface area contributed by atoms with Crippen molar-refractivity contribution in [2.75, 3.05) is 5.73 Å². The highest BCUT2D eigenvalue weighted by Gasteiger charge is 2.19. The molecule has 0 fully saturated rings. The van der Waals surface area contributed by atoms with Crippen LogP contribution in [-0.4, -0.2) is 18.2 Å². The van der Waals surface area contributed by atoms with Gasteiger partial charge in [-0.15, -0.1) is 5.10 Å². The maximum absolute atomic E-state index is 8.90. The van der Waals surface area contributed by atoms with E-state index in [0.29, 0.717) is 11.3 Å². The first-order valence-corrected chi connectivity index (χ1v) is 6.53. The smallest absolute Gasteiger partial charge is 0.136 e. The number of nitrogen functional groups attached to an aromatic ring is 1. The van der Waals surface area contributed by atoms with Gasteiger partial charge in [-0.25, -0.2) is 11.0 Å². The molecule has 2 rings (SSSR count). The van der Waals surface area contributed by atoms with Crippen LogP contribution in [0.15, 0.2) is 58.6 Å². The number of nitrogens with zero attached hydrogens (tertiary/aromatic N) is 4. The van der Waals surface area contributed by atoms with Gasteiger partial charge in [-0.2, -0.15) is 5.26 Å². The number of rotatable bonds is 5. The molecule has 0 saturated heterocycles. The predicted molar refractivity (Wildman–Crippen MR) is 87.9 cm³/mol. The molecule has 22 heavy (non-hydrogen) atoms. The van der Waals surface area contributed by atoms with Crippen LogP contribution in [-0.2, 0) is 0 Å². The minimum absolute atomic E-state index is 0.327. The lowest BCUT2D eigenvalue weighted by Gasteiger charge is -2.25. The van der Waals surface area contributed by atoms with Crippen LogP contribution in [0.25, 0.3) is 0 Å². The van der Waals surface area contributed by atoms with Crippen molar-refractivity contribution in [3.05, 3.63) is 65.2 Å². The van der Waals surface area contributed by atoms with E-state index < -0.39 is 0 Å². The van der Waals surface area contributed by atoms with Gasteiger partial charge in [0.15, 0.2) is 0 Å². The standard InChI is InChI=1S/C16H16N6/c1-20-11-21-22(19)16(14-6-8-15(18)9-7-14)13-4-2-12(10-17)3-5-13/h2-9,11,16H,1,18-19H2/b21-11-. The highest BCUT2D eigenvalue weighted by molar-refractivity contribution is 5.61. The number of nitriles is 1. The topological polar surface area (TPSA) is 104 Å². The highest BCUT2D eigenvalue weighted by atomic mass is 15.6. The number of aliphatic imine (C=N–C) groups is 1. The van der Waals surface area contributed by atoms with Crippen LogP contribution >= 0.6 is 0 Å². The van der Waals surface area contributed by atoms with Crippen LogP contribution in [0.5, 0.6) is 0 Å². The molecular weight excluding hydrogens is 276 g/mol. The lowest BCUT2D eigenvalue weighted by atomic mass is 9.98. The van der Waals surface area contributed by atoms with Crippen LogP contribution in [0.3, 0.4) is 0 Å². The van der Waals surface area contributed by atoms with Crippen molar-refractivity contribution in [3.63, 3.8) is 0 Å². The molecule has 1 unspecified atom stereocenters. The fourth-order valence-corrected chi connectivity index (χ4v) is 2.08. The summed E-state index contributed by atoms with van der Waals surface area (Å²) in [5, 5.41) is 14.2. The zero-order chi connectivity index (χ0) is 15.9. The molecule has 110 valence electrons. The summed E-state index contributed by atoms with van der Waals surface area (Å²) in [7, 11) is 0. The van der Waals surface area contributed by atoms with Gasteiger partial charge in [-0.3, -0.25) is 4.99 Å². The Balaban J connectivity index is 2.44. The highest BCUT2D eigenvalue weighted by Crippen LogP contribution is 2.27. The second-order valence-electron chi connectivity index (χ2n) is 4.60. The largest absolute Gasteiger partial charge is 0.399 e. The summed E-state index contributed by atoms with van der Waals surface area (Å²) in [5.74, 6) is 6.03. The molecule has 0 heterocycles. The third-order valence-corrected chi connectivity index (χ3v) is 3.14.